The van der Waals surface area contributed by atoms with Crippen molar-refractivity contribution in [2.75, 3.05) is 12.4 Å². The summed E-state index contributed by atoms with van der Waals surface area (Å²) in [6.07, 6.45) is 2.83. The number of furan rings is 1. The van der Waals surface area contributed by atoms with Gasteiger partial charge in [0.1, 0.15) is 17.3 Å². The molecule has 2 N–H and O–H groups in total. The van der Waals surface area contributed by atoms with Crippen LogP contribution in [0.5, 0.6) is 5.75 Å². The number of thiocarbonyl (C=S) groups is 1. The second-order valence-electron chi connectivity index (χ2n) is 5.62. The van der Waals surface area contributed by atoms with E-state index in [9.17, 15) is 0 Å². The van der Waals surface area contributed by atoms with Crippen LogP contribution in [-0.2, 0) is 0 Å². The Morgan fingerprint density at radius 1 is 1.39 bits per heavy atom. The maximum Gasteiger partial charge on any atom is 0.191 e. The molecule has 0 saturated heterocycles. The lowest BCUT2D eigenvalue weighted by Crippen LogP contribution is -2.23. The molecule has 1 aliphatic carbocycles. The number of rotatable bonds is 5. The third kappa shape index (κ3) is 4.10. The van der Waals surface area contributed by atoms with E-state index in [1.165, 1.54) is 6.42 Å². The smallest absolute Gasteiger partial charge is 0.191 e. The zero-order valence-electron chi connectivity index (χ0n) is 13.1. The molecule has 23 heavy (non-hydrogen) atoms. The van der Waals surface area contributed by atoms with Crippen molar-refractivity contribution in [3.8, 4) is 5.75 Å². The van der Waals surface area contributed by atoms with Crippen LogP contribution in [0, 0.1) is 5.92 Å². The highest BCUT2D eigenvalue weighted by molar-refractivity contribution is 7.80. The third-order valence-corrected chi connectivity index (χ3v) is 4.00. The van der Waals surface area contributed by atoms with Gasteiger partial charge in [0, 0.05) is 17.7 Å². The van der Waals surface area contributed by atoms with Gasteiger partial charge in [-0.3, -0.25) is 5.43 Å². The van der Waals surface area contributed by atoms with Gasteiger partial charge >= 0.3 is 0 Å². The van der Waals surface area contributed by atoms with E-state index in [1.807, 2.05) is 36.4 Å². The summed E-state index contributed by atoms with van der Waals surface area (Å²) in [5.41, 5.74) is 3.60. The molecule has 0 aliphatic heterocycles. The highest BCUT2D eigenvalue weighted by Gasteiger charge is 2.36. The molecule has 0 radical (unpaired) electrons. The zero-order chi connectivity index (χ0) is 16.2. The fraction of sp³-hybridized carbons (Fsp3) is 0.294. The Morgan fingerprint density at radius 3 is 2.96 bits per heavy atom. The number of anilines is 1. The number of hydrazone groups is 1. The van der Waals surface area contributed by atoms with Crippen LogP contribution in [0.1, 0.15) is 30.8 Å². The molecule has 0 spiro atoms. The monoisotopic (exact) mass is 329 g/mol. The fourth-order valence-corrected chi connectivity index (χ4v) is 2.54. The summed E-state index contributed by atoms with van der Waals surface area (Å²) in [6.45, 7) is 2.23. The minimum atomic E-state index is 0.400. The number of ether oxygens (including phenoxy) is 1. The molecule has 0 amide bonds. The van der Waals surface area contributed by atoms with Crippen LogP contribution in [-0.4, -0.2) is 18.4 Å². The Bertz CT molecular complexity index is 726. The number of methoxy groups -OCH3 is 1. The standard InChI is InChI=1S/C17H19N3O2S/c1-11-8-15(11)16-7-6-14(22-16)10-18-20-17(23)19-12-4-3-5-13(9-12)21-2/h3-7,9-11,15H,8H2,1-2H3,(H2,19,20,23)/b18-10-/t11-,15-/m0/s1. The van der Waals surface area contributed by atoms with Crippen LogP contribution in [0.4, 0.5) is 5.69 Å². The summed E-state index contributed by atoms with van der Waals surface area (Å²) in [7, 11) is 1.62. The van der Waals surface area contributed by atoms with E-state index >= 15 is 0 Å². The van der Waals surface area contributed by atoms with Crippen LogP contribution in [0.2, 0.25) is 0 Å². The molecule has 1 aromatic carbocycles. The second kappa shape index (κ2) is 6.83. The van der Waals surface area contributed by atoms with Crippen LogP contribution in [0.25, 0.3) is 0 Å². The number of benzene rings is 1. The average Bonchev–Trinajstić information content (AvgIpc) is 3.09. The largest absolute Gasteiger partial charge is 0.497 e. The maximum atomic E-state index is 5.74. The summed E-state index contributed by atoms with van der Waals surface area (Å²) < 4.78 is 10.9. The first-order valence-corrected chi connectivity index (χ1v) is 7.90. The van der Waals surface area contributed by atoms with Crippen LogP contribution >= 0.6 is 12.2 Å². The first-order chi connectivity index (χ1) is 11.2. The first-order valence-electron chi connectivity index (χ1n) is 7.49. The van der Waals surface area contributed by atoms with Crippen molar-refractivity contribution < 1.29 is 9.15 Å². The van der Waals surface area contributed by atoms with Crippen molar-refractivity contribution in [1.82, 2.24) is 5.43 Å². The topological polar surface area (TPSA) is 58.8 Å². The van der Waals surface area contributed by atoms with E-state index in [2.05, 4.69) is 22.8 Å². The van der Waals surface area contributed by atoms with Gasteiger partial charge in [0.2, 0.25) is 0 Å². The van der Waals surface area contributed by atoms with Crippen molar-refractivity contribution in [2.45, 2.75) is 19.3 Å². The second-order valence-corrected chi connectivity index (χ2v) is 6.02. The molecular formula is C17H19N3O2S. The van der Waals surface area contributed by atoms with Crippen molar-refractivity contribution >= 4 is 29.2 Å². The van der Waals surface area contributed by atoms with Gasteiger partial charge in [-0.05, 0) is 48.8 Å². The van der Waals surface area contributed by atoms with E-state index in [0.29, 0.717) is 11.0 Å². The van der Waals surface area contributed by atoms with Gasteiger partial charge in [-0.15, -0.1) is 0 Å². The van der Waals surface area contributed by atoms with Crippen molar-refractivity contribution in [3.63, 3.8) is 0 Å². The summed E-state index contributed by atoms with van der Waals surface area (Å²) in [4.78, 5) is 0. The lowest BCUT2D eigenvalue weighted by atomic mass is 10.3. The summed E-state index contributed by atoms with van der Waals surface area (Å²) in [5.74, 6) is 3.81. The molecule has 1 saturated carbocycles. The van der Waals surface area contributed by atoms with Gasteiger partial charge in [-0.2, -0.15) is 5.10 Å². The Labute approximate surface area is 140 Å². The normalized spacial score (nSPS) is 19.6. The Hall–Kier alpha value is -2.34. The van der Waals surface area contributed by atoms with E-state index in [0.717, 1.165) is 28.9 Å². The van der Waals surface area contributed by atoms with Crippen molar-refractivity contribution in [2.24, 2.45) is 11.0 Å². The lowest BCUT2D eigenvalue weighted by Gasteiger charge is -2.08. The van der Waals surface area contributed by atoms with Gasteiger partial charge in [0.05, 0.1) is 13.3 Å². The predicted molar refractivity (Wildman–Crippen MR) is 95.2 cm³/mol. The number of nitrogens with one attached hydrogen (secondary N) is 2. The van der Waals surface area contributed by atoms with Crippen molar-refractivity contribution in [1.29, 1.82) is 0 Å². The molecule has 3 rings (SSSR count). The van der Waals surface area contributed by atoms with E-state index < -0.39 is 0 Å². The molecule has 6 heteroatoms. The molecule has 2 atom stereocenters. The van der Waals surface area contributed by atoms with Gasteiger partial charge in [0.25, 0.3) is 0 Å². The molecule has 1 aliphatic rings. The number of hydrogen-bond donors (Lipinski definition) is 2. The highest BCUT2D eigenvalue weighted by atomic mass is 32.1. The predicted octanol–water partition coefficient (Wildman–Crippen LogP) is 3.73. The fourth-order valence-electron chi connectivity index (χ4n) is 2.37. The molecule has 2 aromatic rings. The minimum absolute atomic E-state index is 0.400. The molecule has 1 fully saturated rings. The third-order valence-electron chi connectivity index (χ3n) is 3.81. The first kappa shape index (κ1) is 15.6. The van der Waals surface area contributed by atoms with E-state index in [4.69, 9.17) is 21.4 Å². The van der Waals surface area contributed by atoms with Crippen LogP contribution < -0.4 is 15.5 Å². The Balaban J connectivity index is 1.51. The van der Waals surface area contributed by atoms with Gasteiger partial charge in [-0.25, -0.2) is 0 Å². The molecule has 0 bridgehead atoms. The quantitative estimate of drug-likeness (QED) is 0.497. The summed E-state index contributed by atoms with van der Waals surface area (Å²) in [5, 5.41) is 7.53. The van der Waals surface area contributed by atoms with Crippen molar-refractivity contribution in [3.05, 3.63) is 47.9 Å². The maximum absolute atomic E-state index is 5.74. The van der Waals surface area contributed by atoms with E-state index in [-0.39, 0.29) is 0 Å². The van der Waals surface area contributed by atoms with E-state index in [1.54, 1.807) is 13.3 Å². The Morgan fingerprint density at radius 2 is 2.22 bits per heavy atom. The van der Waals surface area contributed by atoms with Crippen LogP contribution in [0.15, 0.2) is 45.9 Å². The SMILES string of the molecule is COc1cccc(NC(=S)N/N=C\c2ccc([C@H]3C[C@@H]3C)o2)c1. The number of hydrogen-bond acceptors (Lipinski definition) is 4. The minimum Gasteiger partial charge on any atom is -0.497 e. The molecule has 0 unspecified atom stereocenters. The van der Waals surface area contributed by atoms with Gasteiger partial charge in [-0.1, -0.05) is 13.0 Å². The average molecular weight is 329 g/mol. The number of nitrogens with zero attached hydrogens (tertiary/aromatic N) is 1. The lowest BCUT2D eigenvalue weighted by molar-refractivity contribution is 0.415. The molecule has 1 aromatic heterocycles. The van der Waals surface area contributed by atoms with Crippen LogP contribution in [0.3, 0.4) is 0 Å². The zero-order valence-corrected chi connectivity index (χ0v) is 13.9. The highest BCUT2D eigenvalue weighted by Crippen LogP contribution is 2.47. The summed E-state index contributed by atoms with van der Waals surface area (Å²) in [6, 6.07) is 11.4. The molecule has 1 heterocycles. The summed E-state index contributed by atoms with van der Waals surface area (Å²) >= 11 is 5.20. The molecule has 5 nitrogen and oxygen atoms in total. The van der Waals surface area contributed by atoms with Gasteiger partial charge in [0.15, 0.2) is 5.11 Å². The molecule has 120 valence electrons. The van der Waals surface area contributed by atoms with Gasteiger partial charge < -0.3 is 14.5 Å². The molecular weight excluding hydrogens is 310 g/mol. The Kier molecular flexibility index (Phi) is 4.62.